The van der Waals surface area contributed by atoms with E-state index < -0.39 is 4.92 Å². The van der Waals surface area contributed by atoms with Crippen LogP contribution < -0.4 is 5.73 Å². The molecule has 0 saturated heterocycles. The number of aromatic amines is 2. The summed E-state index contributed by atoms with van der Waals surface area (Å²) in [6.45, 7) is 0. The first-order valence-electron chi connectivity index (χ1n) is 4.47. The maximum atomic E-state index is 10.4. The SMILES string of the molecule is Nc1cnc(/C=C/c2ccc([N+](=O)[O-])[nH]2)[nH]1. The lowest BCUT2D eigenvalue weighted by atomic mass is 10.4. The molecule has 0 aliphatic carbocycles. The van der Waals surface area contributed by atoms with Gasteiger partial charge in [0.15, 0.2) is 0 Å². The molecule has 0 atom stereocenters. The minimum absolute atomic E-state index is 0.0430. The number of nitro groups is 1. The van der Waals surface area contributed by atoms with Gasteiger partial charge in [-0.1, -0.05) is 0 Å². The molecule has 0 unspecified atom stereocenters. The Balaban J connectivity index is 2.14. The molecule has 7 heteroatoms. The van der Waals surface area contributed by atoms with Crippen LogP contribution in [0.2, 0.25) is 0 Å². The summed E-state index contributed by atoms with van der Waals surface area (Å²) in [5.41, 5.74) is 6.07. The van der Waals surface area contributed by atoms with Gasteiger partial charge < -0.3 is 20.8 Å². The second kappa shape index (κ2) is 3.89. The van der Waals surface area contributed by atoms with E-state index in [0.29, 0.717) is 17.3 Å². The van der Waals surface area contributed by atoms with Crippen LogP contribution in [0, 0.1) is 10.1 Å². The van der Waals surface area contributed by atoms with Crippen molar-refractivity contribution in [2.24, 2.45) is 0 Å². The first kappa shape index (κ1) is 9.97. The van der Waals surface area contributed by atoms with Gasteiger partial charge in [0.1, 0.15) is 17.3 Å². The number of hydrogen-bond donors (Lipinski definition) is 3. The Morgan fingerprint density at radius 3 is 2.75 bits per heavy atom. The van der Waals surface area contributed by atoms with Crippen LogP contribution in [0.4, 0.5) is 11.6 Å². The molecule has 0 radical (unpaired) electrons. The van der Waals surface area contributed by atoms with Crippen LogP contribution >= 0.6 is 0 Å². The molecule has 7 nitrogen and oxygen atoms in total. The number of anilines is 1. The molecule has 2 heterocycles. The van der Waals surface area contributed by atoms with E-state index in [0.717, 1.165) is 0 Å². The van der Waals surface area contributed by atoms with Gasteiger partial charge in [0.2, 0.25) is 0 Å². The van der Waals surface area contributed by atoms with E-state index in [1.165, 1.54) is 12.3 Å². The molecule has 2 aromatic heterocycles. The van der Waals surface area contributed by atoms with E-state index in [4.69, 9.17) is 5.73 Å². The molecule has 82 valence electrons. The molecule has 2 aromatic rings. The lowest BCUT2D eigenvalue weighted by Crippen LogP contribution is -1.86. The van der Waals surface area contributed by atoms with Crippen LogP contribution in [0.15, 0.2) is 18.3 Å². The molecule has 4 N–H and O–H groups in total. The van der Waals surface area contributed by atoms with Gasteiger partial charge in [0, 0.05) is 6.07 Å². The molecular formula is C9H9N5O2. The standard InChI is InChI=1S/C9H9N5O2/c10-7-5-11-8(13-7)3-1-6-2-4-9(12-6)14(15)16/h1-5,12H,10H2,(H,11,13)/b3-1+. The summed E-state index contributed by atoms with van der Waals surface area (Å²) in [5.74, 6) is 1.02. The van der Waals surface area contributed by atoms with Crippen LogP contribution in [0.5, 0.6) is 0 Å². The topological polar surface area (TPSA) is 114 Å². The smallest absolute Gasteiger partial charge is 0.321 e. The Labute approximate surface area is 90.2 Å². The third kappa shape index (κ3) is 2.08. The first-order chi connectivity index (χ1) is 7.65. The summed E-state index contributed by atoms with van der Waals surface area (Å²) in [6.07, 6.45) is 4.84. The number of nitrogen functional groups attached to an aromatic ring is 1. The minimum atomic E-state index is -0.484. The molecule has 0 fully saturated rings. The Morgan fingerprint density at radius 2 is 2.19 bits per heavy atom. The molecule has 0 saturated carbocycles. The fourth-order valence-corrected chi connectivity index (χ4v) is 1.21. The number of rotatable bonds is 3. The van der Waals surface area contributed by atoms with Crippen LogP contribution in [0.3, 0.4) is 0 Å². The zero-order valence-corrected chi connectivity index (χ0v) is 8.18. The van der Waals surface area contributed by atoms with Crippen molar-refractivity contribution >= 4 is 23.8 Å². The highest BCUT2D eigenvalue weighted by Gasteiger charge is 2.05. The average molecular weight is 219 g/mol. The van der Waals surface area contributed by atoms with E-state index in [2.05, 4.69) is 15.0 Å². The molecule has 0 aromatic carbocycles. The van der Waals surface area contributed by atoms with Gasteiger partial charge in [-0.25, -0.2) is 9.97 Å². The van der Waals surface area contributed by atoms with E-state index in [1.54, 1.807) is 18.2 Å². The van der Waals surface area contributed by atoms with Gasteiger partial charge in [-0.2, -0.15) is 0 Å². The summed E-state index contributed by atoms with van der Waals surface area (Å²) >= 11 is 0. The van der Waals surface area contributed by atoms with Gasteiger partial charge in [-0.3, -0.25) is 0 Å². The predicted molar refractivity (Wildman–Crippen MR) is 59.4 cm³/mol. The van der Waals surface area contributed by atoms with E-state index in [9.17, 15) is 10.1 Å². The highest BCUT2D eigenvalue weighted by atomic mass is 16.6. The molecule has 16 heavy (non-hydrogen) atoms. The molecular weight excluding hydrogens is 210 g/mol. The molecule has 0 aliphatic heterocycles. The minimum Gasteiger partial charge on any atom is -0.384 e. The van der Waals surface area contributed by atoms with Gasteiger partial charge in [-0.15, -0.1) is 0 Å². The van der Waals surface area contributed by atoms with Crippen molar-refractivity contribution in [3.63, 3.8) is 0 Å². The number of hydrogen-bond acceptors (Lipinski definition) is 4. The van der Waals surface area contributed by atoms with E-state index in [1.807, 2.05) is 0 Å². The fourth-order valence-electron chi connectivity index (χ4n) is 1.21. The molecule has 0 spiro atoms. The van der Waals surface area contributed by atoms with Gasteiger partial charge >= 0.3 is 5.82 Å². The normalized spacial score (nSPS) is 11.0. The van der Waals surface area contributed by atoms with Crippen LogP contribution in [0.25, 0.3) is 12.2 Å². The highest BCUT2D eigenvalue weighted by Crippen LogP contribution is 2.12. The number of imidazole rings is 1. The maximum Gasteiger partial charge on any atom is 0.321 e. The van der Waals surface area contributed by atoms with Crippen molar-refractivity contribution in [1.29, 1.82) is 0 Å². The summed E-state index contributed by atoms with van der Waals surface area (Å²) < 4.78 is 0. The lowest BCUT2D eigenvalue weighted by Gasteiger charge is -1.86. The summed E-state index contributed by atoms with van der Waals surface area (Å²) in [4.78, 5) is 19.3. The second-order valence-corrected chi connectivity index (χ2v) is 3.11. The molecule has 0 bridgehead atoms. The van der Waals surface area contributed by atoms with Crippen molar-refractivity contribution in [3.8, 4) is 0 Å². The van der Waals surface area contributed by atoms with Crippen molar-refractivity contribution in [2.45, 2.75) is 0 Å². The maximum absolute atomic E-state index is 10.4. The summed E-state index contributed by atoms with van der Waals surface area (Å²) in [7, 11) is 0. The van der Waals surface area contributed by atoms with Gasteiger partial charge in [0.05, 0.1) is 6.20 Å². The largest absolute Gasteiger partial charge is 0.384 e. The zero-order valence-electron chi connectivity index (χ0n) is 8.18. The number of nitrogens with one attached hydrogen (secondary N) is 2. The number of aromatic nitrogens is 3. The van der Waals surface area contributed by atoms with E-state index >= 15 is 0 Å². The third-order valence-electron chi connectivity index (χ3n) is 1.93. The third-order valence-corrected chi connectivity index (χ3v) is 1.93. The Morgan fingerprint density at radius 1 is 1.38 bits per heavy atom. The van der Waals surface area contributed by atoms with Crippen molar-refractivity contribution in [1.82, 2.24) is 15.0 Å². The average Bonchev–Trinajstić information content (AvgIpc) is 2.83. The number of H-pyrrole nitrogens is 2. The first-order valence-corrected chi connectivity index (χ1v) is 4.47. The van der Waals surface area contributed by atoms with Crippen molar-refractivity contribution in [3.05, 3.63) is 40.0 Å². The zero-order chi connectivity index (χ0) is 11.5. The monoisotopic (exact) mass is 219 g/mol. The quantitative estimate of drug-likeness (QED) is 0.534. The Bertz CT molecular complexity index is 540. The molecule has 2 rings (SSSR count). The van der Waals surface area contributed by atoms with Crippen LogP contribution in [-0.2, 0) is 0 Å². The van der Waals surface area contributed by atoms with Crippen molar-refractivity contribution in [2.75, 3.05) is 5.73 Å². The number of nitrogens with zero attached hydrogens (tertiary/aromatic N) is 2. The van der Waals surface area contributed by atoms with E-state index in [-0.39, 0.29) is 5.82 Å². The van der Waals surface area contributed by atoms with Gasteiger partial charge in [0.25, 0.3) is 0 Å². The number of nitrogens with two attached hydrogens (primary N) is 1. The Kier molecular flexibility index (Phi) is 2.42. The lowest BCUT2D eigenvalue weighted by molar-refractivity contribution is -0.389. The summed E-state index contributed by atoms with van der Waals surface area (Å²) in [6, 6.07) is 3.01. The van der Waals surface area contributed by atoms with Crippen molar-refractivity contribution < 1.29 is 4.92 Å². The van der Waals surface area contributed by atoms with Crippen LogP contribution in [-0.4, -0.2) is 19.9 Å². The summed E-state index contributed by atoms with van der Waals surface area (Å²) in [5, 5.41) is 10.4. The van der Waals surface area contributed by atoms with Crippen LogP contribution in [0.1, 0.15) is 11.5 Å². The second-order valence-electron chi connectivity index (χ2n) is 3.11. The fraction of sp³-hybridized carbons (Fsp3) is 0. The predicted octanol–water partition coefficient (Wildman–Crippen LogP) is 1.40. The Hall–Kier alpha value is -2.57. The van der Waals surface area contributed by atoms with Gasteiger partial charge in [-0.05, 0) is 23.1 Å². The highest BCUT2D eigenvalue weighted by molar-refractivity contribution is 5.66. The molecule has 0 amide bonds. The molecule has 0 aliphatic rings.